The number of benzene rings is 1. The topological polar surface area (TPSA) is 70.2 Å². The molecule has 3 heterocycles. The van der Waals surface area contributed by atoms with Gasteiger partial charge in [0.2, 0.25) is 5.91 Å². The molecule has 1 aromatic carbocycles. The quantitative estimate of drug-likeness (QED) is 0.760. The van der Waals surface area contributed by atoms with Crippen molar-refractivity contribution < 1.29 is 9.18 Å². The van der Waals surface area contributed by atoms with Crippen LogP contribution in [0.5, 0.6) is 0 Å². The minimum Gasteiger partial charge on any atom is -0.373 e. The summed E-state index contributed by atoms with van der Waals surface area (Å²) in [6.07, 6.45) is 7.50. The molecule has 1 aromatic heterocycles. The first-order valence-electron chi connectivity index (χ1n) is 12.0. The number of nitrogens with one attached hydrogen (secondary N) is 2. The molecule has 3 aliphatic rings. The molecule has 0 spiro atoms. The molecule has 2 N–H and O–H groups in total. The van der Waals surface area contributed by atoms with Crippen molar-refractivity contribution in [1.29, 1.82) is 0 Å². The lowest BCUT2D eigenvalue weighted by atomic mass is 9.76. The highest BCUT2D eigenvalue weighted by molar-refractivity contribution is 5.89. The fourth-order valence-electron chi connectivity index (χ4n) is 5.81. The van der Waals surface area contributed by atoms with E-state index < -0.39 is 5.41 Å². The molecule has 5 rings (SSSR count). The number of amides is 1. The van der Waals surface area contributed by atoms with Crippen LogP contribution < -0.4 is 10.6 Å². The van der Waals surface area contributed by atoms with E-state index in [9.17, 15) is 9.18 Å². The van der Waals surface area contributed by atoms with Crippen LogP contribution in [-0.4, -0.2) is 40.9 Å². The van der Waals surface area contributed by atoms with Gasteiger partial charge in [-0.25, -0.2) is 14.4 Å². The van der Waals surface area contributed by atoms with Gasteiger partial charge in [0.1, 0.15) is 11.6 Å². The van der Waals surface area contributed by atoms with E-state index in [1.807, 2.05) is 11.9 Å². The van der Waals surface area contributed by atoms with E-state index in [0.717, 1.165) is 99.5 Å². The van der Waals surface area contributed by atoms with Crippen LogP contribution >= 0.6 is 0 Å². The molecule has 2 fully saturated rings. The van der Waals surface area contributed by atoms with Gasteiger partial charge in [-0.3, -0.25) is 4.79 Å². The Kier molecular flexibility index (Phi) is 5.84. The van der Waals surface area contributed by atoms with E-state index in [2.05, 4.69) is 10.6 Å². The average molecular weight is 438 g/mol. The summed E-state index contributed by atoms with van der Waals surface area (Å²) in [7, 11) is 1.90. The van der Waals surface area contributed by atoms with Crippen molar-refractivity contribution in [2.75, 3.05) is 25.5 Å². The molecule has 1 unspecified atom stereocenters. The van der Waals surface area contributed by atoms with Crippen molar-refractivity contribution in [3.8, 4) is 0 Å². The van der Waals surface area contributed by atoms with Gasteiger partial charge in [-0.2, -0.15) is 0 Å². The third-order valence-electron chi connectivity index (χ3n) is 7.51. The Bertz CT molecular complexity index is 969. The Hall–Kier alpha value is -2.54. The Morgan fingerprint density at radius 1 is 1.16 bits per heavy atom. The maximum atomic E-state index is 14.2. The van der Waals surface area contributed by atoms with Crippen molar-refractivity contribution in [2.45, 2.75) is 69.4 Å². The Labute approximate surface area is 189 Å². The van der Waals surface area contributed by atoms with Gasteiger partial charge in [0.05, 0.1) is 17.2 Å². The van der Waals surface area contributed by atoms with Crippen LogP contribution in [0.15, 0.2) is 24.3 Å². The highest BCUT2D eigenvalue weighted by Crippen LogP contribution is 2.45. The zero-order valence-corrected chi connectivity index (χ0v) is 18.8. The second-order valence-corrected chi connectivity index (χ2v) is 9.34. The predicted octanol–water partition coefficient (Wildman–Crippen LogP) is 3.87. The van der Waals surface area contributed by atoms with Crippen molar-refractivity contribution in [2.24, 2.45) is 0 Å². The summed E-state index contributed by atoms with van der Waals surface area (Å²) in [5.74, 6) is 1.53. The lowest BCUT2D eigenvalue weighted by molar-refractivity contribution is -0.141. The highest BCUT2D eigenvalue weighted by Gasteiger charge is 2.47. The van der Waals surface area contributed by atoms with Gasteiger partial charge in [-0.1, -0.05) is 25.0 Å². The summed E-state index contributed by atoms with van der Waals surface area (Å²) in [6.45, 7) is 2.41. The second-order valence-electron chi connectivity index (χ2n) is 9.34. The summed E-state index contributed by atoms with van der Waals surface area (Å²) in [5.41, 5.74) is 2.60. The van der Waals surface area contributed by atoms with E-state index in [1.54, 1.807) is 12.1 Å². The molecular formula is C25H32FN5O. The van der Waals surface area contributed by atoms with Crippen LogP contribution in [0.4, 0.5) is 10.2 Å². The molecule has 0 radical (unpaired) electrons. The summed E-state index contributed by atoms with van der Waals surface area (Å²) in [5, 5.41) is 6.64. The highest BCUT2D eigenvalue weighted by atomic mass is 19.1. The number of carbonyl (C=O) groups excluding carboxylic acids is 1. The molecule has 7 heteroatoms. The summed E-state index contributed by atoms with van der Waals surface area (Å²) < 4.78 is 13.6. The van der Waals surface area contributed by atoms with Gasteiger partial charge in [0, 0.05) is 38.7 Å². The molecule has 1 amide bonds. The Morgan fingerprint density at radius 2 is 1.94 bits per heavy atom. The molecule has 1 atom stereocenters. The molecule has 32 heavy (non-hydrogen) atoms. The third-order valence-corrected chi connectivity index (χ3v) is 7.51. The number of rotatable bonds is 4. The smallest absolute Gasteiger partial charge is 0.233 e. The molecule has 2 aromatic rings. The van der Waals surface area contributed by atoms with Crippen molar-refractivity contribution in [3.63, 3.8) is 0 Å². The maximum absolute atomic E-state index is 14.2. The molecular weight excluding hydrogens is 405 g/mol. The van der Waals surface area contributed by atoms with Crippen LogP contribution in [0.2, 0.25) is 0 Å². The van der Waals surface area contributed by atoms with E-state index in [-0.39, 0.29) is 17.8 Å². The number of anilines is 1. The molecule has 170 valence electrons. The van der Waals surface area contributed by atoms with Crippen LogP contribution in [0.3, 0.4) is 0 Å². The number of aromatic nitrogens is 2. The van der Waals surface area contributed by atoms with E-state index in [1.165, 1.54) is 12.1 Å². The Morgan fingerprint density at radius 3 is 2.69 bits per heavy atom. The fourth-order valence-corrected chi connectivity index (χ4v) is 5.81. The SMILES string of the molecule is CNc1nc(C2CCCCN2C(=O)C2(c3ccc(F)cc3)CCCC2)nc2c1CNCC2. The lowest BCUT2D eigenvalue weighted by Gasteiger charge is -2.41. The zero-order chi connectivity index (χ0) is 22.1. The average Bonchev–Trinajstić information content (AvgIpc) is 3.34. The van der Waals surface area contributed by atoms with Crippen LogP contribution in [0.25, 0.3) is 0 Å². The minimum atomic E-state index is -0.562. The monoisotopic (exact) mass is 437 g/mol. The number of hydrogen-bond donors (Lipinski definition) is 2. The van der Waals surface area contributed by atoms with Gasteiger partial charge >= 0.3 is 0 Å². The maximum Gasteiger partial charge on any atom is 0.233 e. The minimum absolute atomic E-state index is 0.110. The number of nitrogens with zero attached hydrogens (tertiary/aromatic N) is 3. The lowest BCUT2D eigenvalue weighted by Crippen LogP contribution is -2.49. The zero-order valence-electron chi connectivity index (χ0n) is 18.8. The number of likely N-dealkylation sites (tertiary alicyclic amines) is 1. The summed E-state index contributed by atoms with van der Waals surface area (Å²) in [6, 6.07) is 6.46. The largest absolute Gasteiger partial charge is 0.373 e. The molecule has 2 aliphatic heterocycles. The summed E-state index contributed by atoms with van der Waals surface area (Å²) >= 11 is 0. The van der Waals surface area contributed by atoms with Crippen LogP contribution in [0.1, 0.15) is 73.6 Å². The van der Waals surface area contributed by atoms with Gasteiger partial charge in [-0.15, -0.1) is 0 Å². The number of fused-ring (bicyclic) bond motifs is 1. The number of piperidine rings is 1. The molecule has 6 nitrogen and oxygen atoms in total. The first-order valence-corrected chi connectivity index (χ1v) is 12.0. The second kappa shape index (κ2) is 8.77. The molecule has 0 bridgehead atoms. The van der Waals surface area contributed by atoms with E-state index >= 15 is 0 Å². The van der Waals surface area contributed by atoms with Crippen molar-refractivity contribution in [1.82, 2.24) is 20.2 Å². The van der Waals surface area contributed by atoms with Gasteiger partial charge in [0.25, 0.3) is 0 Å². The van der Waals surface area contributed by atoms with Crippen molar-refractivity contribution in [3.05, 3.63) is 52.7 Å². The fraction of sp³-hybridized carbons (Fsp3) is 0.560. The van der Waals surface area contributed by atoms with Gasteiger partial charge in [0.15, 0.2) is 5.82 Å². The predicted molar refractivity (Wildman–Crippen MR) is 122 cm³/mol. The standard InChI is InChI=1S/C25H32FN5O/c1-27-22-19-16-28-14-11-20(19)29-23(30-22)21-6-2-5-15-31(21)24(32)25(12-3-4-13-25)17-7-9-18(26)10-8-17/h7-10,21,28H,2-6,11-16H2,1H3,(H,27,29,30). The van der Waals surface area contributed by atoms with Gasteiger partial charge in [-0.05, 0) is 49.8 Å². The Balaban J connectivity index is 1.52. The summed E-state index contributed by atoms with van der Waals surface area (Å²) in [4.78, 5) is 26.1. The van der Waals surface area contributed by atoms with Crippen LogP contribution in [0, 0.1) is 5.82 Å². The first kappa shape index (κ1) is 21.3. The van der Waals surface area contributed by atoms with E-state index in [0.29, 0.717) is 0 Å². The van der Waals surface area contributed by atoms with Gasteiger partial charge < -0.3 is 15.5 Å². The third kappa shape index (κ3) is 3.66. The van der Waals surface area contributed by atoms with E-state index in [4.69, 9.17) is 9.97 Å². The van der Waals surface area contributed by atoms with Crippen LogP contribution in [-0.2, 0) is 23.2 Å². The number of halogens is 1. The first-order chi connectivity index (χ1) is 15.6. The number of hydrogen-bond acceptors (Lipinski definition) is 5. The normalized spacial score (nSPS) is 22.4. The number of carbonyl (C=O) groups is 1. The van der Waals surface area contributed by atoms with Crippen molar-refractivity contribution >= 4 is 11.7 Å². The molecule has 1 saturated carbocycles. The molecule has 1 saturated heterocycles. The molecule has 1 aliphatic carbocycles.